The SMILES string of the molecule is COc1cc([C@H](CC(=O)OC(C)(C)C)c2cc3c(cc2OS(=O)(=O)C(F)(F)F)OCO3)cc(OC)c1OC. The topological polar surface area (TPSA) is 116 Å². The van der Waals surface area contributed by atoms with Crippen molar-refractivity contribution < 1.29 is 59.0 Å². The van der Waals surface area contributed by atoms with Gasteiger partial charge in [0.1, 0.15) is 5.60 Å². The van der Waals surface area contributed by atoms with Crippen LogP contribution in [0.4, 0.5) is 13.2 Å². The van der Waals surface area contributed by atoms with Gasteiger partial charge in [-0.05, 0) is 44.5 Å². The molecule has 0 saturated heterocycles. The Bertz CT molecular complexity index is 1270. The van der Waals surface area contributed by atoms with Crippen molar-refractivity contribution in [3.05, 3.63) is 35.4 Å². The number of carbonyl (C=O) groups is 1. The lowest BCUT2D eigenvalue weighted by Gasteiger charge is -2.25. The Morgan fingerprint density at radius 1 is 0.921 bits per heavy atom. The Morgan fingerprint density at radius 2 is 1.47 bits per heavy atom. The number of hydrogen-bond acceptors (Lipinski definition) is 10. The van der Waals surface area contributed by atoms with Crippen LogP contribution in [-0.4, -0.2) is 53.6 Å². The Kier molecular flexibility index (Phi) is 8.15. The summed E-state index contributed by atoms with van der Waals surface area (Å²) in [6, 6.07) is 5.16. The second kappa shape index (κ2) is 10.7. The summed E-state index contributed by atoms with van der Waals surface area (Å²) < 4.78 is 100. The van der Waals surface area contributed by atoms with Gasteiger partial charge in [-0.15, -0.1) is 0 Å². The van der Waals surface area contributed by atoms with E-state index in [1.165, 1.54) is 39.5 Å². The molecule has 1 atom stereocenters. The van der Waals surface area contributed by atoms with Gasteiger partial charge in [0.25, 0.3) is 0 Å². The highest BCUT2D eigenvalue weighted by Gasteiger charge is 2.49. The number of rotatable bonds is 9. The summed E-state index contributed by atoms with van der Waals surface area (Å²) in [6.07, 6.45) is -0.433. The van der Waals surface area contributed by atoms with Crippen LogP contribution in [-0.2, 0) is 19.6 Å². The summed E-state index contributed by atoms with van der Waals surface area (Å²) in [6.45, 7) is 4.67. The van der Waals surface area contributed by atoms with Crippen LogP contribution in [0.15, 0.2) is 24.3 Å². The van der Waals surface area contributed by atoms with Gasteiger partial charge < -0.3 is 32.6 Å². The van der Waals surface area contributed by atoms with Gasteiger partial charge in [0.2, 0.25) is 12.5 Å². The van der Waals surface area contributed by atoms with E-state index in [1.54, 1.807) is 20.8 Å². The molecular weight excluding hydrogens is 537 g/mol. The van der Waals surface area contributed by atoms with Crippen LogP contribution in [0.25, 0.3) is 0 Å². The maximum Gasteiger partial charge on any atom is 0.534 e. The molecule has 0 spiro atoms. The third-order valence-electron chi connectivity index (χ3n) is 5.24. The first kappa shape index (κ1) is 29.0. The number of esters is 1. The van der Waals surface area contributed by atoms with Crippen molar-refractivity contribution in [1.82, 2.24) is 0 Å². The third kappa shape index (κ3) is 6.29. The lowest BCUT2D eigenvalue weighted by Crippen LogP contribution is -2.29. The van der Waals surface area contributed by atoms with Gasteiger partial charge in [-0.2, -0.15) is 21.6 Å². The highest BCUT2D eigenvalue weighted by atomic mass is 32.2. The van der Waals surface area contributed by atoms with Crippen LogP contribution in [0, 0.1) is 0 Å². The van der Waals surface area contributed by atoms with Gasteiger partial charge in [0.15, 0.2) is 28.7 Å². The maximum absolute atomic E-state index is 13.2. The number of halogens is 3. The van der Waals surface area contributed by atoms with Crippen molar-refractivity contribution in [2.24, 2.45) is 0 Å². The lowest BCUT2D eigenvalue weighted by molar-refractivity contribution is -0.155. The normalized spacial score (nSPS) is 14.0. The molecule has 0 fully saturated rings. The van der Waals surface area contributed by atoms with Crippen molar-refractivity contribution in [2.75, 3.05) is 28.1 Å². The summed E-state index contributed by atoms with van der Waals surface area (Å²) in [5, 5.41) is 0. The molecule has 1 aliphatic heterocycles. The largest absolute Gasteiger partial charge is 0.534 e. The van der Waals surface area contributed by atoms with Crippen LogP contribution < -0.4 is 27.9 Å². The Balaban J connectivity index is 2.27. The van der Waals surface area contributed by atoms with E-state index in [4.69, 9.17) is 28.4 Å². The molecule has 3 rings (SSSR count). The smallest absolute Gasteiger partial charge is 0.493 e. The molecule has 1 aliphatic rings. The fourth-order valence-corrected chi connectivity index (χ4v) is 4.18. The van der Waals surface area contributed by atoms with E-state index in [-0.39, 0.29) is 41.1 Å². The van der Waals surface area contributed by atoms with Crippen LogP contribution in [0.3, 0.4) is 0 Å². The van der Waals surface area contributed by atoms with E-state index in [0.29, 0.717) is 5.56 Å². The average Bonchev–Trinajstić information content (AvgIpc) is 3.26. The van der Waals surface area contributed by atoms with E-state index in [2.05, 4.69) is 4.18 Å². The van der Waals surface area contributed by atoms with E-state index in [1.807, 2.05) is 0 Å². The lowest BCUT2D eigenvalue weighted by atomic mass is 9.87. The predicted octanol–water partition coefficient (Wildman–Crippen LogP) is 4.53. The number of hydrogen-bond donors (Lipinski definition) is 0. The molecule has 14 heteroatoms. The molecule has 10 nitrogen and oxygen atoms in total. The zero-order valence-corrected chi connectivity index (χ0v) is 22.2. The summed E-state index contributed by atoms with van der Waals surface area (Å²) in [5.74, 6) is -1.90. The second-order valence-corrected chi connectivity index (χ2v) is 10.6. The first-order valence-electron chi connectivity index (χ1n) is 11.1. The molecule has 0 radical (unpaired) electrons. The fourth-order valence-electron chi connectivity index (χ4n) is 3.71. The molecule has 0 aliphatic carbocycles. The molecule has 0 N–H and O–H groups in total. The Labute approximate surface area is 217 Å². The number of benzene rings is 2. The highest BCUT2D eigenvalue weighted by molar-refractivity contribution is 7.88. The van der Waals surface area contributed by atoms with E-state index in [9.17, 15) is 26.4 Å². The fraction of sp³-hybridized carbons (Fsp3) is 0.458. The maximum atomic E-state index is 13.2. The van der Waals surface area contributed by atoms with Gasteiger partial charge in [0.05, 0.1) is 27.8 Å². The van der Waals surface area contributed by atoms with Gasteiger partial charge in [-0.1, -0.05) is 0 Å². The van der Waals surface area contributed by atoms with E-state index < -0.39 is 45.3 Å². The third-order valence-corrected chi connectivity index (χ3v) is 6.21. The van der Waals surface area contributed by atoms with Crippen LogP contribution >= 0.6 is 0 Å². The predicted molar refractivity (Wildman–Crippen MR) is 127 cm³/mol. The first-order chi connectivity index (χ1) is 17.6. The minimum Gasteiger partial charge on any atom is -0.493 e. The standard InChI is InChI=1S/C24H27F3O10S/c1-23(2,3)36-21(28)10-14(13-7-19(31-4)22(33-6)20(8-13)32-5)15-9-17-18(35-12-34-17)11-16(15)37-38(29,30)24(25,26)27/h7-9,11,14H,10,12H2,1-6H3/t14-/m0/s1. The van der Waals surface area contributed by atoms with Crippen LogP contribution in [0.1, 0.15) is 44.2 Å². The van der Waals surface area contributed by atoms with E-state index in [0.717, 1.165) is 6.07 Å². The molecule has 210 valence electrons. The van der Waals surface area contributed by atoms with Gasteiger partial charge in [-0.25, -0.2) is 0 Å². The minimum absolute atomic E-state index is 0.0398. The van der Waals surface area contributed by atoms with E-state index >= 15 is 0 Å². The van der Waals surface area contributed by atoms with Crippen molar-refractivity contribution in [2.45, 2.75) is 44.2 Å². The minimum atomic E-state index is -6.08. The van der Waals surface area contributed by atoms with Crippen LogP contribution in [0.5, 0.6) is 34.5 Å². The van der Waals surface area contributed by atoms with Crippen LogP contribution in [0.2, 0.25) is 0 Å². The highest BCUT2D eigenvalue weighted by Crippen LogP contribution is 2.48. The molecule has 0 saturated carbocycles. The molecular formula is C24H27F3O10S. The molecule has 1 heterocycles. The zero-order valence-electron chi connectivity index (χ0n) is 21.4. The quantitative estimate of drug-likeness (QED) is 0.244. The molecule has 0 bridgehead atoms. The van der Waals surface area contributed by atoms with Crippen molar-refractivity contribution in [3.8, 4) is 34.5 Å². The summed E-state index contributed by atoms with van der Waals surface area (Å²) >= 11 is 0. The summed E-state index contributed by atoms with van der Waals surface area (Å²) in [5.41, 5.74) is -6.43. The van der Waals surface area contributed by atoms with Gasteiger partial charge in [0, 0.05) is 17.5 Å². The number of ether oxygens (including phenoxy) is 6. The molecule has 38 heavy (non-hydrogen) atoms. The molecule has 2 aromatic carbocycles. The summed E-state index contributed by atoms with van der Waals surface area (Å²) in [7, 11) is -1.99. The van der Waals surface area contributed by atoms with Gasteiger partial charge >= 0.3 is 21.6 Å². The van der Waals surface area contributed by atoms with Crippen molar-refractivity contribution in [1.29, 1.82) is 0 Å². The number of fused-ring (bicyclic) bond motifs is 1. The molecule has 2 aromatic rings. The summed E-state index contributed by atoms with van der Waals surface area (Å²) in [4.78, 5) is 12.9. The Hall–Kier alpha value is -3.55. The second-order valence-electron chi connectivity index (χ2n) is 9.03. The molecule has 0 unspecified atom stereocenters. The molecule has 0 aromatic heterocycles. The monoisotopic (exact) mass is 564 g/mol. The Morgan fingerprint density at radius 3 is 1.95 bits per heavy atom. The van der Waals surface area contributed by atoms with Crippen molar-refractivity contribution >= 4 is 16.1 Å². The molecule has 0 amide bonds. The van der Waals surface area contributed by atoms with Crippen molar-refractivity contribution in [3.63, 3.8) is 0 Å². The number of carbonyl (C=O) groups excluding carboxylic acids is 1. The first-order valence-corrected chi connectivity index (χ1v) is 12.5. The number of methoxy groups -OCH3 is 3. The average molecular weight is 565 g/mol. The zero-order chi connectivity index (χ0) is 28.5. The number of alkyl halides is 3. The van der Waals surface area contributed by atoms with Gasteiger partial charge in [-0.3, -0.25) is 4.79 Å².